The number of hydrogen-bond acceptors (Lipinski definition) is 4. The fourth-order valence-electron chi connectivity index (χ4n) is 0.736. The van der Waals surface area contributed by atoms with Crippen molar-refractivity contribution in [3.8, 4) is 0 Å². The maximum atomic E-state index is 11.5. The molecule has 1 saturated heterocycles. The molecule has 1 fully saturated rings. The quantitative estimate of drug-likeness (QED) is 0.603. The Morgan fingerprint density at radius 1 is 1.67 bits per heavy atom. The lowest BCUT2D eigenvalue weighted by Gasteiger charge is -2.06. The van der Waals surface area contributed by atoms with Gasteiger partial charge in [-0.3, -0.25) is 0 Å². The predicted octanol–water partition coefficient (Wildman–Crippen LogP) is 0.803. The summed E-state index contributed by atoms with van der Waals surface area (Å²) in [6.45, 7) is -0.619. The molecule has 0 aromatic carbocycles. The van der Waals surface area contributed by atoms with E-state index < -0.39 is 25.3 Å². The number of alkyl halides is 2. The molecule has 0 radical (unpaired) electrons. The number of cyclic esters (lactones) is 2. The van der Waals surface area contributed by atoms with Crippen LogP contribution in [-0.2, 0) is 14.2 Å². The molecule has 1 aliphatic heterocycles. The van der Waals surface area contributed by atoms with Gasteiger partial charge in [-0.2, -0.15) is 0 Å². The molecule has 0 N–H and O–H groups in total. The summed E-state index contributed by atoms with van der Waals surface area (Å²) in [6, 6.07) is 0. The van der Waals surface area contributed by atoms with Crippen LogP contribution in [-0.4, -0.2) is 38.5 Å². The van der Waals surface area contributed by atoms with Gasteiger partial charge in [-0.25, -0.2) is 13.6 Å². The Morgan fingerprint density at radius 2 is 2.42 bits per heavy atom. The van der Waals surface area contributed by atoms with Gasteiger partial charge in [-0.15, -0.1) is 0 Å². The van der Waals surface area contributed by atoms with Gasteiger partial charge in [0.1, 0.15) is 13.2 Å². The van der Waals surface area contributed by atoms with Crippen LogP contribution in [0.2, 0.25) is 0 Å². The van der Waals surface area contributed by atoms with Gasteiger partial charge < -0.3 is 14.2 Å². The average molecular weight is 182 g/mol. The van der Waals surface area contributed by atoms with Gasteiger partial charge >= 0.3 is 6.16 Å². The van der Waals surface area contributed by atoms with Gasteiger partial charge in [0.25, 0.3) is 6.43 Å². The van der Waals surface area contributed by atoms with Gasteiger partial charge in [0, 0.05) is 0 Å². The number of carbonyl (C=O) groups excluding carboxylic acids is 1. The molecule has 70 valence electrons. The lowest BCUT2D eigenvalue weighted by molar-refractivity contribution is -0.0132. The van der Waals surface area contributed by atoms with Crippen molar-refractivity contribution in [3.63, 3.8) is 0 Å². The summed E-state index contributed by atoms with van der Waals surface area (Å²) >= 11 is 0. The Labute approximate surface area is 67.4 Å². The normalized spacial score (nSPS) is 22.6. The van der Waals surface area contributed by atoms with Crippen LogP contribution in [0.15, 0.2) is 0 Å². The molecule has 0 aromatic heterocycles. The smallest absolute Gasteiger partial charge is 0.430 e. The number of ether oxygens (including phenoxy) is 3. The first kappa shape index (κ1) is 9.18. The van der Waals surface area contributed by atoms with Gasteiger partial charge in [0.05, 0.1) is 6.61 Å². The largest absolute Gasteiger partial charge is 0.508 e. The number of halogens is 2. The van der Waals surface area contributed by atoms with Crippen molar-refractivity contribution in [3.05, 3.63) is 0 Å². The van der Waals surface area contributed by atoms with Gasteiger partial charge in [0.2, 0.25) is 0 Å². The Balaban J connectivity index is 2.04. The van der Waals surface area contributed by atoms with Crippen LogP contribution in [0, 0.1) is 0 Å². The van der Waals surface area contributed by atoms with Crippen LogP contribution in [0.5, 0.6) is 0 Å². The highest BCUT2D eigenvalue weighted by molar-refractivity contribution is 5.61. The lowest BCUT2D eigenvalue weighted by Crippen LogP contribution is -2.20. The van der Waals surface area contributed by atoms with E-state index in [1.54, 1.807) is 0 Å². The standard InChI is InChI=1S/C6H8F2O4/c7-5(8)3-10-1-4-2-11-6(9)12-4/h4-5H,1-3H2. The van der Waals surface area contributed by atoms with Crippen molar-refractivity contribution in [2.45, 2.75) is 12.5 Å². The summed E-state index contributed by atoms with van der Waals surface area (Å²) in [4.78, 5) is 10.3. The Kier molecular flexibility index (Phi) is 3.21. The highest BCUT2D eigenvalue weighted by Gasteiger charge is 2.25. The van der Waals surface area contributed by atoms with Crippen molar-refractivity contribution >= 4 is 6.16 Å². The van der Waals surface area contributed by atoms with Crippen LogP contribution in [0.3, 0.4) is 0 Å². The molecule has 1 heterocycles. The second-order valence-electron chi connectivity index (χ2n) is 2.23. The summed E-state index contributed by atoms with van der Waals surface area (Å²) in [5.41, 5.74) is 0. The van der Waals surface area contributed by atoms with E-state index >= 15 is 0 Å². The Bertz CT molecular complexity index is 162. The minimum absolute atomic E-state index is 0.0456. The van der Waals surface area contributed by atoms with E-state index in [2.05, 4.69) is 14.2 Å². The summed E-state index contributed by atoms with van der Waals surface area (Å²) < 4.78 is 36.5. The van der Waals surface area contributed by atoms with Gasteiger partial charge in [-0.1, -0.05) is 0 Å². The third-order valence-electron chi connectivity index (χ3n) is 1.20. The van der Waals surface area contributed by atoms with Crippen LogP contribution >= 0.6 is 0 Å². The molecule has 0 spiro atoms. The van der Waals surface area contributed by atoms with Gasteiger partial charge in [-0.05, 0) is 0 Å². The zero-order chi connectivity index (χ0) is 8.97. The summed E-state index contributed by atoms with van der Waals surface area (Å²) in [6.07, 6.45) is -3.82. The van der Waals surface area contributed by atoms with E-state index in [9.17, 15) is 13.6 Å². The van der Waals surface area contributed by atoms with Crippen molar-refractivity contribution < 1.29 is 27.8 Å². The van der Waals surface area contributed by atoms with E-state index in [-0.39, 0.29) is 13.2 Å². The first-order valence-electron chi connectivity index (χ1n) is 3.38. The topological polar surface area (TPSA) is 44.8 Å². The molecule has 12 heavy (non-hydrogen) atoms. The van der Waals surface area contributed by atoms with Crippen molar-refractivity contribution in [2.24, 2.45) is 0 Å². The maximum absolute atomic E-state index is 11.5. The zero-order valence-electron chi connectivity index (χ0n) is 6.16. The average Bonchev–Trinajstić information content (AvgIpc) is 2.35. The zero-order valence-corrected chi connectivity index (χ0v) is 6.16. The molecule has 0 amide bonds. The first-order valence-corrected chi connectivity index (χ1v) is 3.38. The number of hydrogen-bond donors (Lipinski definition) is 0. The van der Waals surface area contributed by atoms with Crippen LogP contribution < -0.4 is 0 Å². The van der Waals surface area contributed by atoms with Crippen molar-refractivity contribution in [1.29, 1.82) is 0 Å². The SMILES string of the molecule is O=C1OCC(COCC(F)F)O1. The third kappa shape index (κ3) is 3.00. The molecule has 1 unspecified atom stereocenters. The molecule has 0 aliphatic carbocycles. The van der Waals surface area contributed by atoms with E-state index in [4.69, 9.17) is 0 Å². The molecule has 0 bridgehead atoms. The molecule has 4 nitrogen and oxygen atoms in total. The minimum Gasteiger partial charge on any atom is -0.430 e. The molecule has 6 heteroatoms. The van der Waals surface area contributed by atoms with E-state index in [1.807, 2.05) is 0 Å². The van der Waals surface area contributed by atoms with Crippen LogP contribution in [0.4, 0.5) is 13.6 Å². The molecule has 1 rings (SSSR count). The molecule has 0 aromatic rings. The third-order valence-corrected chi connectivity index (χ3v) is 1.20. The van der Waals surface area contributed by atoms with E-state index in [1.165, 1.54) is 0 Å². The molecular weight excluding hydrogens is 174 g/mol. The highest BCUT2D eigenvalue weighted by Crippen LogP contribution is 2.06. The Morgan fingerprint density at radius 3 is 2.92 bits per heavy atom. The van der Waals surface area contributed by atoms with Crippen molar-refractivity contribution in [1.82, 2.24) is 0 Å². The molecule has 1 aliphatic rings. The van der Waals surface area contributed by atoms with Crippen LogP contribution in [0.1, 0.15) is 0 Å². The second kappa shape index (κ2) is 4.20. The monoisotopic (exact) mass is 182 g/mol. The van der Waals surface area contributed by atoms with E-state index in [0.29, 0.717) is 0 Å². The number of rotatable bonds is 4. The van der Waals surface area contributed by atoms with Gasteiger partial charge in [0.15, 0.2) is 6.10 Å². The highest BCUT2D eigenvalue weighted by atomic mass is 19.3. The summed E-state index contributed by atoms with van der Waals surface area (Å²) in [5.74, 6) is 0. The molecular formula is C6H8F2O4. The van der Waals surface area contributed by atoms with E-state index in [0.717, 1.165) is 0 Å². The maximum Gasteiger partial charge on any atom is 0.508 e. The lowest BCUT2D eigenvalue weighted by atomic mass is 10.4. The molecule has 1 atom stereocenters. The van der Waals surface area contributed by atoms with Crippen LogP contribution in [0.25, 0.3) is 0 Å². The summed E-state index contributed by atoms with van der Waals surface area (Å²) in [7, 11) is 0. The first-order chi connectivity index (χ1) is 5.68. The Hall–Kier alpha value is -0.910. The second-order valence-corrected chi connectivity index (χ2v) is 2.23. The minimum atomic E-state index is -2.50. The van der Waals surface area contributed by atoms with Crippen molar-refractivity contribution in [2.75, 3.05) is 19.8 Å². The summed E-state index contributed by atoms with van der Waals surface area (Å²) in [5, 5.41) is 0. The fraction of sp³-hybridized carbons (Fsp3) is 0.833. The fourth-order valence-corrected chi connectivity index (χ4v) is 0.736. The number of carbonyl (C=O) groups is 1. The molecule has 0 saturated carbocycles. The predicted molar refractivity (Wildman–Crippen MR) is 33.0 cm³/mol.